The van der Waals surface area contributed by atoms with E-state index in [1.54, 1.807) is 0 Å². The van der Waals surface area contributed by atoms with Crippen molar-refractivity contribution in [3.63, 3.8) is 0 Å². The van der Waals surface area contributed by atoms with Crippen LogP contribution in [0, 0.1) is 6.57 Å². The molecule has 90 valence electrons. The zero-order chi connectivity index (χ0) is 12.5. The quantitative estimate of drug-likeness (QED) is 0.590. The highest BCUT2D eigenvalue weighted by atomic mass is 28.4. The third-order valence-electron chi connectivity index (χ3n) is 2.66. The Morgan fingerprint density at radius 3 is 2.71 bits per heavy atom. The predicted octanol–water partition coefficient (Wildman–Crippen LogP) is 3.39. The Morgan fingerprint density at radius 2 is 2.06 bits per heavy atom. The van der Waals surface area contributed by atoms with Gasteiger partial charge in [-0.05, 0) is 31.8 Å². The summed E-state index contributed by atoms with van der Waals surface area (Å²) in [4.78, 5) is 3.79. The summed E-state index contributed by atoms with van der Waals surface area (Å²) in [5, 5.41) is 0. The molecule has 0 saturated heterocycles. The van der Waals surface area contributed by atoms with E-state index in [1.165, 1.54) is 0 Å². The molecule has 0 spiro atoms. The maximum atomic E-state index is 7.52. The van der Waals surface area contributed by atoms with Gasteiger partial charge in [-0.15, -0.1) is 0 Å². The second-order valence-corrected chi connectivity index (χ2v) is 9.63. The van der Waals surface area contributed by atoms with Crippen LogP contribution in [0.5, 0.6) is 5.75 Å². The fourth-order valence-corrected chi connectivity index (χ4v) is 3.37. The van der Waals surface area contributed by atoms with Crippen molar-refractivity contribution in [1.82, 2.24) is 0 Å². The van der Waals surface area contributed by atoms with Crippen molar-refractivity contribution >= 4 is 8.32 Å². The van der Waals surface area contributed by atoms with Crippen LogP contribution in [0.25, 0.3) is 4.85 Å². The van der Waals surface area contributed by atoms with Crippen LogP contribution >= 0.6 is 0 Å². The molecule has 4 heteroatoms. The van der Waals surface area contributed by atoms with Crippen molar-refractivity contribution in [3.05, 3.63) is 41.2 Å². The molecule has 1 unspecified atom stereocenters. The smallest absolute Gasteiger partial charge is 0.361 e. The second kappa shape index (κ2) is 4.17. The van der Waals surface area contributed by atoms with E-state index < -0.39 is 14.0 Å². The first-order chi connectivity index (χ1) is 7.97. The van der Waals surface area contributed by atoms with Crippen molar-refractivity contribution in [2.45, 2.75) is 31.8 Å². The fraction of sp³-hybridized carbons (Fsp3) is 0.462. The molecule has 0 saturated carbocycles. The average molecular weight is 247 g/mol. The molecule has 1 aliphatic heterocycles. The molecule has 2 rings (SSSR count). The summed E-state index contributed by atoms with van der Waals surface area (Å²) >= 11 is 0. The lowest BCUT2D eigenvalue weighted by atomic mass is 9.97. The number of benzene rings is 1. The minimum Gasteiger partial charge on any atom is -0.492 e. The first-order valence-electron chi connectivity index (χ1n) is 5.78. The van der Waals surface area contributed by atoms with Gasteiger partial charge in [-0.2, -0.15) is 0 Å². The van der Waals surface area contributed by atoms with Crippen molar-refractivity contribution < 1.29 is 9.16 Å². The summed E-state index contributed by atoms with van der Waals surface area (Å²) in [6.07, 6.45) is 0.609. The van der Waals surface area contributed by atoms with E-state index in [2.05, 4.69) is 24.5 Å². The minimum absolute atomic E-state index is 0.546. The number of para-hydroxylation sites is 1. The number of fused-ring (bicyclic) bond motifs is 1. The van der Waals surface area contributed by atoms with Gasteiger partial charge in [0.1, 0.15) is 11.3 Å². The summed E-state index contributed by atoms with van der Waals surface area (Å²) in [5.74, 6) is 0.785. The van der Waals surface area contributed by atoms with Gasteiger partial charge in [0.05, 0.1) is 13.0 Å². The third kappa shape index (κ3) is 2.35. The average Bonchev–Trinajstić information content (AvgIpc) is 2.27. The summed E-state index contributed by atoms with van der Waals surface area (Å²) in [6, 6.07) is 7.70. The number of hydrogen-bond donors (Lipinski definition) is 0. The monoisotopic (exact) mass is 247 g/mol. The number of nitrogens with zero attached hydrogens (tertiary/aromatic N) is 1. The number of rotatable bonds is 2. The molecule has 0 aromatic heterocycles. The predicted molar refractivity (Wildman–Crippen MR) is 69.3 cm³/mol. The Morgan fingerprint density at radius 1 is 1.35 bits per heavy atom. The molecule has 3 nitrogen and oxygen atoms in total. The molecule has 1 aliphatic rings. The molecule has 0 radical (unpaired) electrons. The largest absolute Gasteiger partial charge is 0.492 e. The van der Waals surface area contributed by atoms with Gasteiger partial charge >= 0.3 is 5.72 Å². The molecule has 0 bridgehead atoms. The molecule has 1 aromatic rings. The van der Waals surface area contributed by atoms with Crippen molar-refractivity contribution in [2.75, 3.05) is 6.61 Å². The van der Waals surface area contributed by atoms with Gasteiger partial charge in [0.2, 0.25) is 0 Å². The molecule has 1 atom stereocenters. The van der Waals surface area contributed by atoms with Gasteiger partial charge in [0.25, 0.3) is 0 Å². The Labute approximate surface area is 103 Å². The van der Waals surface area contributed by atoms with E-state index in [9.17, 15) is 0 Å². The Hall–Kier alpha value is -1.31. The second-order valence-electron chi connectivity index (χ2n) is 5.21. The van der Waals surface area contributed by atoms with E-state index in [4.69, 9.17) is 15.7 Å². The SMILES string of the molecule is [C-]#[N+]C1(O[Si](C)(C)C)CCOc2ccccc21. The normalized spacial score (nSPS) is 23.4. The maximum Gasteiger partial charge on any atom is 0.361 e. The standard InChI is InChI=1S/C13H17NO2Si/c1-14-13(16-17(2,3)4)9-10-15-12-8-6-5-7-11(12)13/h5-8H,9-10H2,2-4H3. The highest BCUT2D eigenvalue weighted by Crippen LogP contribution is 2.42. The van der Waals surface area contributed by atoms with Crippen molar-refractivity contribution in [1.29, 1.82) is 0 Å². The van der Waals surface area contributed by atoms with Gasteiger partial charge < -0.3 is 9.16 Å². The van der Waals surface area contributed by atoms with Crippen LogP contribution in [-0.2, 0) is 10.2 Å². The first-order valence-corrected chi connectivity index (χ1v) is 9.19. The molecule has 0 N–H and O–H groups in total. The van der Waals surface area contributed by atoms with Crippen molar-refractivity contribution in [3.8, 4) is 5.75 Å². The van der Waals surface area contributed by atoms with Crippen molar-refractivity contribution in [2.24, 2.45) is 0 Å². The van der Waals surface area contributed by atoms with E-state index in [1.807, 2.05) is 24.3 Å². The molecule has 1 heterocycles. The highest BCUT2D eigenvalue weighted by molar-refractivity contribution is 6.69. The van der Waals surface area contributed by atoms with Crippen LogP contribution in [0.1, 0.15) is 12.0 Å². The molecule has 17 heavy (non-hydrogen) atoms. The Balaban J connectivity index is 2.47. The van der Waals surface area contributed by atoms with E-state index in [0.717, 1.165) is 11.3 Å². The number of hydrogen-bond acceptors (Lipinski definition) is 2. The Bertz CT molecular complexity index is 461. The van der Waals surface area contributed by atoms with E-state index >= 15 is 0 Å². The maximum absolute atomic E-state index is 7.52. The van der Waals surface area contributed by atoms with Gasteiger partial charge in [-0.3, -0.25) is 4.85 Å². The van der Waals surface area contributed by atoms with Crippen LogP contribution in [-0.4, -0.2) is 14.9 Å². The molecular weight excluding hydrogens is 230 g/mol. The summed E-state index contributed by atoms with van der Waals surface area (Å²) in [6.45, 7) is 14.4. The first kappa shape index (κ1) is 12.2. The fourth-order valence-electron chi connectivity index (χ4n) is 2.10. The lowest BCUT2D eigenvalue weighted by Crippen LogP contribution is -2.41. The molecule has 1 aromatic carbocycles. The van der Waals surface area contributed by atoms with Gasteiger partial charge in [-0.25, -0.2) is 6.57 Å². The number of ether oxygens (including phenoxy) is 1. The topological polar surface area (TPSA) is 22.8 Å². The molecule has 0 amide bonds. The van der Waals surface area contributed by atoms with Crippen LogP contribution < -0.4 is 4.74 Å². The van der Waals surface area contributed by atoms with Crippen LogP contribution in [0.3, 0.4) is 0 Å². The molecule has 0 fully saturated rings. The van der Waals surface area contributed by atoms with Crippen LogP contribution in [0.4, 0.5) is 0 Å². The van der Waals surface area contributed by atoms with Crippen LogP contribution in [0.2, 0.25) is 19.6 Å². The summed E-state index contributed by atoms with van der Waals surface area (Å²) < 4.78 is 11.7. The van der Waals surface area contributed by atoms with Gasteiger partial charge in [0, 0.05) is 0 Å². The lowest BCUT2D eigenvalue weighted by molar-refractivity contribution is 0.0571. The molecular formula is C13H17NO2Si. The van der Waals surface area contributed by atoms with Gasteiger partial charge in [0.15, 0.2) is 8.32 Å². The summed E-state index contributed by atoms with van der Waals surface area (Å²) in [5.41, 5.74) is 0.0444. The highest BCUT2D eigenvalue weighted by Gasteiger charge is 2.48. The van der Waals surface area contributed by atoms with Gasteiger partial charge in [-0.1, -0.05) is 12.1 Å². The van der Waals surface area contributed by atoms with E-state index in [-0.39, 0.29) is 0 Å². The minimum atomic E-state index is -1.78. The van der Waals surface area contributed by atoms with E-state index in [0.29, 0.717) is 13.0 Å². The third-order valence-corrected chi connectivity index (χ3v) is 3.61. The zero-order valence-corrected chi connectivity index (χ0v) is 11.5. The van der Waals surface area contributed by atoms with Crippen LogP contribution in [0.15, 0.2) is 24.3 Å². The zero-order valence-electron chi connectivity index (χ0n) is 10.5. The Kier molecular flexibility index (Phi) is 2.98. The lowest BCUT2D eigenvalue weighted by Gasteiger charge is -2.33. The molecule has 0 aliphatic carbocycles. The summed E-state index contributed by atoms with van der Waals surface area (Å²) in [7, 11) is -1.78.